The molecule has 0 atom stereocenters. The zero-order chi connectivity index (χ0) is 18.7. The first-order valence-corrected chi connectivity index (χ1v) is 8.05. The summed E-state index contributed by atoms with van der Waals surface area (Å²) >= 11 is 5.88. The molecule has 1 aliphatic heterocycles. The lowest BCUT2D eigenvalue weighted by Crippen LogP contribution is -2.24. The molecule has 0 spiro atoms. The molecule has 0 bridgehead atoms. The van der Waals surface area contributed by atoms with Gasteiger partial charge >= 0.3 is 12.7 Å². The molecule has 3 rings (SSSR count). The van der Waals surface area contributed by atoms with Gasteiger partial charge in [-0.25, -0.2) is 9.78 Å². The van der Waals surface area contributed by atoms with Gasteiger partial charge in [-0.1, -0.05) is 17.7 Å². The first kappa shape index (κ1) is 18.2. The fourth-order valence-electron chi connectivity index (χ4n) is 2.60. The highest BCUT2D eigenvalue weighted by Gasteiger charge is 2.23. The zero-order valence-corrected chi connectivity index (χ0v) is 14.5. The molecule has 0 radical (unpaired) electrons. The summed E-state index contributed by atoms with van der Waals surface area (Å²) in [5.41, 5.74) is 1.89. The van der Waals surface area contributed by atoms with Gasteiger partial charge in [-0.15, -0.1) is 0 Å². The summed E-state index contributed by atoms with van der Waals surface area (Å²) in [4.78, 5) is 17.4. The van der Waals surface area contributed by atoms with E-state index in [-0.39, 0.29) is 17.3 Å². The van der Waals surface area contributed by atoms with Crippen LogP contribution in [-0.2, 0) is 11.3 Å². The summed E-state index contributed by atoms with van der Waals surface area (Å²) in [5, 5.41) is 0.0792. The van der Waals surface area contributed by atoms with Gasteiger partial charge in [0.1, 0.15) is 12.4 Å². The molecule has 0 saturated carbocycles. The van der Waals surface area contributed by atoms with Crippen LogP contribution < -0.4 is 9.47 Å². The van der Waals surface area contributed by atoms with Crippen molar-refractivity contribution in [2.45, 2.75) is 13.2 Å². The highest BCUT2D eigenvalue weighted by molar-refractivity contribution is 6.32. The second-order valence-corrected chi connectivity index (χ2v) is 5.86. The van der Waals surface area contributed by atoms with E-state index in [9.17, 15) is 13.6 Å². The van der Waals surface area contributed by atoms with Crippen molar-refractivity contribution in [1.82, 2.24) is 9.88 Å². The number of methoxy groups -OCH3 is 1. The number of aromatic nitrogens is 1. The fourth-order valence-corrected chi connectivity index (χ4v) is 2.76. The highest BCUT2D eigenvalue weighted by Crippen LogP contribution is 2.33. The highest BCUT2D eigenvalue weighted by atomic mass is 35.5. The van der Waals surface area contributed by atoms with Crippen LogP contribution in [0.25, 0.3) is 11.1 Å². The van der Waals surface area contributed by atoms with Crippen LogP contribution in [0.3, 0.4) is 0 Å². The van der Waals surface area contributed by atoms with Gasteiger partial charge < -0.3 is 19.1 Å². The quantitative estimate of drug-likeness (QED) is 0.754. The number of alkyl halides is 2. The number of carbonyl (C=O) groups excluding carboxylic acids is 1. The van der Waals surface area contributed by atoms with Crippen molar-refractivity contribution in [1.29, 1.82) is 0 Å². The van der Waals surface area contributed by atoms with Crippen LogP contribution in [0.4, 0.5) is 13.6 Å². The number of ether oxygens (including phenoxy) is 3. The number of halogens is 3. The fraction of sp³-hybridized carbons (Fsp3) is 0.294. The van der Waals surface area contributed by atoms with E-state index in [1.165, 1.54) is 24.1 Å². The largest absolute Gasteiger partial charge is 0.481 e. The maximum Gasteiger partial charge on any atom is 0.410 e. The summed E-state index contributed by atoms with van der Waals surface area (Å²) < 4.78 is 39.6. The molecule has 1 fully saturated rings. The lowest BCUT2D eigenvalue weighted by atomic mass is 10.1. The number of hydrogen-bond donors (Lipinski definition) is 0. The monoisotopic (exact) mass is 384 g/mol. The van der Waals surface area contributed by atoms with E-state index in [2.05, 4.69) is 9.72 Å². The molecule has 1 aliphatic rings. The molecule has 0 unspecified atom stereocenters. The van der Waals surface area contributed by atoms with E-state index >= 15 is 0 Å². The van der Waals surface area contributed by atoms with E-state index in [0.29, 0.717) is 35.7 Å². The van der Waals surface area contributed by atoms with Crippen molar-refractivity contribution >= 4 is 17.7 Å². The molecule has 0 N–H and O–H groups in total. The Hall–Kier alpha value is -2.61. The second kappa shape index (κ2) is 7.74. The van der Waals surface area contributed by atoms with Crippen molar-refractivity contribution in [2.24, 2.45) is 0 Å². The Morgan fingerprint density at radius 1 is 1.35 bits per heavy atom. The summed E-state index contributed by atoms with van der Waals surface area (Å²) in [5.74, 6) is 0.242. The molecule has 2 aromatic rings. The lowest BCUT2D eigenvalue weighted by molar-refractivity contribution is -0.0497. The van der Waals surface area contributed by atoms with Crippen molar-refractivity contribution in [3.05, 3.63) is 41.0 Å². The molecule has 2 heterocycles. The van der Waals surface area contributed by atoms with Crippen LogP contribution in [0.15, 0.2) is 30.5 Å². The van der Waals surface area contributed by atoms with Gasteiger partial charge in [-0.05, 0) is 23.8 Å². The van der Waals surface area contributed by atoms with Crippen LogP contribution in [0.1, 0.15) is 5.56 Å². The lowest BCUT2D eigenvalue weighted by Gasteiger charge is -2.16. The Bertz CT molecular complexity index is 819. The normalized spacial score (nSPS) is 13.9. The van der Waals surface area contributed by atoms with Gasteiger partial charge in [0.15, 0.2) is 0 Å². The molecule has 9 heteroatoms. The Morgan fingerprint density at radius 3 is 2.81 bits per heavy atom. The summed E-state index contributed by atoms with van der Waals surface area (Å²) in [7, 11) is 1.48. The van der Waals surface area contributed by atoms with E-state index in [4.69, 9.17) is 21.1 Å². The smallest absolute Gasteiger partial charge is 0.410 e. The molecular formula is C17H15ClF2N2O4. The van der Waals surface area contributed by atoms with Gasteiger partial charge in [0.05, 0.1) is 25.2 Å². The topological polar surface area (TPSA) is 60.9 Å². The SMILES string of the molecule is COc1ncc(-c2ccc(Cl)c(OC(F)F)c2)cc1CN1CCOC1=O. The first-order valence-electron chi connectivity index (χ1n) is 7.67. The van der Waals surface area contributed by atoms with Crippen LogP contribution >= 0.6 is 11.6 Å². The van der Waals surface area contributed by atoms with Gasteiger partial charge in [0.2, 0.25) is 5.88 Å². The van der Waals surface area contributed by atoms with Crippen LogP contribution in [0.5, 0.6) is 11.6 Å². The maximum absolute atomic E-state index is 12.5. The summed E-state index contributed by atoms with van der Waals surface area (Å²) in [6.45, 7) is -1.91. The van der Waals surface area contributed by atoms with E-state index in [1.807, 2.05) is 0 Å². The molecule has 6 nitrogen and oxygen atoms in total. The van der Waals surface area contributed by atoms with Gasteiger partial charge in [-0.2, -0.15) is 8.78 Å². The van der Waals surface area contributed by atoms with Crippen molar-refractivity contribution in [3.63, 3.8) is 0 Å². The summed E-state index contributed by atoms with van der Waals surface area (Å²) in [6.07, 6.45) is 1.14. The number of nitrogens with zero attached hydrogens (tertiary/aromatic N) is 2. The van der Waals surface area contributed by atoms with Gasteiger partial charge in [-0.3, -0.25) is 0 Å². The Labute approximate surface area is 153 Å². The average molecular weight is 385 g/mol. The predicted molar refractivity (Wildman–Crippen MR) is 89.6 cm³/mol. The number of carbonyl (C=O) groups is 1. The zero-order valence-electron chi connectivity index (χ0n) is 13.7. The minimum atomic E-state index is -2.98. The van der Waals surface area contributed by atoms with Crippen molar-refractivity contribution in [2.75, 3.05) is 20.3 Å². The van der Waals surface area contributed by atoms with E-state index in [1.54, 1.807) is 18.3 Å². The van der Waals surface area contributed by atoms with Crippen LogP contribution in [-0.4, -0.2) is 42.9 Å². The number of rotatable bonds is 6. The molecular weight excluding hydrogens is 370 g/mol. The third-order valence-electron chi connectivity index (χ3n) is 3.81. The van der Waals surface area contributed by atoms with Gasteiger partial charge in [0, 0.05) is 17.3 Å². The molecule has 1 aromatic carbocycles. The minimum Gasteiger partial charge on any atom is -0.481 e. The predicted octanol–water partition coefficient (Wildman–Crippen LogP) is 3.96. The third-order valence-corrected chi connectivity index (χ3v) is 4.12. The average Bonchev–Trinajstić information content (AvgIpc) is 3.01. The van der Waals surface area contributed by atoms with Crippen molar-refractivity contribution < 1.29 is 27.8 Å². The standard InChI is InChI=1S/C17H15ClF2N2O4/c1-24-15-12(9-22-4-5-25-17(22)23)6-11(8-21-15)10-2-3-13(18)14(7-10)26-16(19)20/h2-3,6-8,16H,4-5,9H2,1H3. The Kier molecular flexibility index (Phi) is 5.41. The molecule has 1 aromatic heterocycles. The molecule has 138 valence electrons. The summed E-state index contributed by atoms with van der Waals surface area (Å²) in [6, 6.07) is 6.31. The van der Waals surface area contributed by atoms with Crippen LogP contribution in [0, 0.1) is 0 Å². The number of cyclic esters (lactones) is 1. The Morgan fingerprint density at radius 2 is 2.15 bits per heavy atom. The number of pyridine rings is 1. The molecule has 1 saturated heterocycles. The van der Waals surface area contributed by atoms with E-state index < -0.39 is 12.7 Å². The number of benzene rings is 1. The van der Waals surface area contributed by atoms with Crippen LogP contribution in [0.2, 0.25) is 5.02 Å². The minimum absolute atomic E-state index is 0.0792. The third kappa shape index (κ3) is 3.96. The van der Waals surface area contributed by atoms with Gasteiger partial charge in [0.25, 0.3) is 0 Å². The Balaban J connectivity index is 1.93. The number of amides is 1. The first-order chi connectivity index (χ1) is 12.5. The molecule has 1 amide bonds. The van der Waals surface area contributed by atoms with Crippen molar-refractivity contribution in [3.8, 4) is 22.8 Å². The molecule has 26 heavy (non-hydrogen) atoms. The molecule has 0 aliphatic carbocycles. The second-order valence-electron chi connectivity index (χ2n) is 5.45. The number of hydrogen-bond acceptors (Lipinski definition) is 5. The van der Waals surface area contributed by atoms with E-state index in [0.717, 1.165) is 0 Å². The maximum atomic E-state index is 12.5.